The van der Waals surface area contributed by atoms with Crippen molar-refractivity contribution in [1.82, 2.24) is 0 Å². The summed E-state index contributed by atoms with van der Waals surface area (Å²) < 4.78 is 12.7. The number of hydrogen-bond acceptors (Lipinski definition) is 1. The van der Waals surface area contributed by atoms with Gasteiger partial charge < -0.3 is 5.73 Å². The molecule has 0 bridgehead atoms. The van der Waals surface area contributed by atoms with E-state index >= 15 is 0 Å². The predicted octanol–water partition coefficient (Wildman–Crippen LogP) is 2.37. The van der Waals surface area contributed by atoms with Gasteiger partial charge in [-0.05, 0) is 37.1 Å². The monoisotopic (exact) mass is 187 g/mol. The van der Waals surface area contributed by atoms with E-state index in [1.807, 2.05) is 6.92 Å². The molecule has 0 spiro atoms. The molecule has 0 aliphatic carbocycles. The molecule has 2 N–H and O–H groups in total. The predicted molar refractivity (Wildman–Crippen MR) is 48.8 cm³/mol. The molecule has 0 amide bonds. The lowest BCUT2D eigenvalue weighted by Crippen LogP contribution is -2.18. The van der Waals surface area contributed by atoms with Crippen molar-refractivity contribution in [3.05, 3.63) is 34.6 Å². The van der Waals surface area contributed by atoms with Crippen LogP contribution in [0.2, 0.25) is 5.02 Å². The summed E-state index contributed by atoms with van der Waals surface area (Å²) in [5.41, 5.74) is 6.33. The zero-order valence-corrected chi connectivity index (χ0v) is 7.61. The van der Waals surface area contributed by atoms with E-state index in [-0.39, 0.29) is 11.9 Å². The van der Waals surface area contributed by atoms with Crippen LogP contribution in [0.1, 0.15) is 12.5 Å². The first-order chi connectivity index (χ1) is 5.59. The third-order valence-corrected chi connectivity index (χ3v) is 1.92. The summed E-state index contributed by atoms with van der Waals surface area (Å²) in [5.74, 6) is -0.268. The largest absolute Gasteiger partial charge is 0.328 e. The molecule has 0 radical (unpaired) electrons. The molecule has 12 heavy (non-hydrogen) atoms. The normalized spacial score (nSPS) is 13.0. The van der Waals surface area contributed by atoms with Crippen molar-refractivity contribution in [2.45, 2.75) is 19.4 Å². The molecule has 0 saturated heterocycles. The van der Waals surface area contributed by atoms with Crippen LogP contribution in [0.4, 0.5) is 4.39 Å². The van der Waals surface area contributed by atoms with Gasteiger partial charge in [0.15, 0.2) is 0 Å². The average Bonchev–Trinajstić information content (AvgIpc) is 1.96. The molecule has 0 saturated carbocycles. The van der Waals surface area contributed by atoms with Crippen LogP contribution in [0.15, 0.2) is 18.2 Å². The molecular formula is C9H11ClFN. The Hall–Kier alpha value is -0.600. The highest BCUT2D eigenvalue weighted by Gasteiger charge is 2.03. The maximum atomic E-state index is 12.7. The maximum absolute atomic E-state index is 12.7. The van der Waals surface area contributed by atoms with Crippen molar-refractivity contribution in [1.29, 1.82) is 0 Å². The lowest BCUT2D eigenvalue weighted by Gasteiger charge is -2.06. The summed E-state index contributed by atoms with van der Waals surface area (Å²) in [6.07, 6.45) is 0.608. The van der Waals surface area contributed by atoms with Gasteiger partial charge in [-0.1, -0.05) is 11.6 Å². The smallest absolute Gasteiger partial charge is 0.123 e. The number of nitrogens with two attached hydrogens (primary N) is 1. The third-order valence-electron chi connectivity index (χ3n) is 1.55. The topological polar surface area (TPSA) is 26.0 Å². The average molecular weight is 188 g/mol. The van der Waals surface area contributed by atoms with E-state index < -0.39 is 0 Å². The van der Waals surface area contributed by atoms with E-state index in [0.717, 1.165) is 5.56 Å². The van der Waals surface area contributed by atoms with Gasteiger partial charge in [0.25, 0.3) is 0 Å². The second-order valence-electron chi connectivity index (χ2n) is 2.92. The Bertz CT molecular complexity index is 273. The quantitative estimate of drug-likeness (QED) is 0.756. The van der Waals surface area contributed by atoms with Crippen molar-refractivity contribution < 1.29 is 4.39 Å². The van der Waals surface area contributed by atoms with Crippen molar-refractivity contribution in [2.75, 3.05) is 0 Å². The lowest BCUT2D eigenvalue weighted by atomic mass is 10.1. The van der Waals surface area contributed by atoms with Crippen LogP contribution in [0.25, 0.3) is 0 Å². The van der Waals surface area contributed by atoms with E-state index in [4.69, 9.17) is 17.3 Å². The molecule has 66 valence electrons. The van der Waals surface area contributed by atoms with Crippen molar-refractivity contribution in [3.63, 3.8) is 0 Å². The zero-order valence-electron chi connectivity index (χ0n) is 6.85. The van der Waals surface area contributed by atoms with E-state index in [0.29, 0.717) is 11.4 Å². The van der Waals surface area contributed by atoms with Crippen LogP contribution in [-0.4, -0.2) is 6.04 Å². The second-order valence-corrected chi connectivity index (χ2v) is 3.32. The lowest BCUT2D eigenvalue weighted by molar-refractivity contribution is 0.623. The Morgan fingerprint density at radius 2 is 2.25 bits per heavy atom. The summed E-state index contributed by atoms with van der Waals surface area (Å²) >= 11 is 5.82. The van der Waals surface area contributed by atoms with Crippen LogP contribution in [-0.2, 0) is 6.42 Å². The molecule has 3 heteroatoms. The summed E-state index contributed by atoms with van der Waals surface area (Å²) in [4.78, 5) is 0. The zero-order chi connectivity index (χ0) is 9.14. The number of rotatable bonds is 2. The van der Waals surface area contributed by atoms with Crippen molar-refractivity contribution in [2.24, 2.45) is 5.73 Å². The van der Waals surface area contributed by atoms with Crippen LogP contribution >= 0.6 is 11.6 Å². The fraction of sp³-hybridized carbons (Fsp3) is 0.333. The number of hydrogen-bond donors (Lipinski definition) is 1. The highest BCUT2D eigenvalue weighted by atomic mass is 35.5. The first-order valence-electron chi connectivity index (χ1n) is 3.79. The Morgan fingerprint density at radius 1 is 1.58 bits per heavy atom. The molecule has 0 aliphatic heterocycles. The molecule has 0 fully saturated rings. The Morgan fingerprint density at radius 3 is 2.83 bits per heavy atom. The van der Waals surface area contributed by atoms with Gasteiger partial charge in [-0.2, -0.15) is 0 Å². The number of halogens is 2. The summed E-state index contributed by atoms with van der Waals surface area (Å²) in [5, 5.41) is 0.578. The van der Waals surface area contributed by atoms with Crippen LogP contribution in [0, 0.1) is 5.82 Å². The molecular weight excluding hydrogens is 177 g/mol. The molecule has 0 aromatic heterocycles. The maximum Gasteiger partial charge on any atom is 0.123 e. The molecule has 1 rings (SSSR count). The highest BCUT2D eigenvalue weighted by Crippen LogP contribution is 2.17. The molecule has 0 unspecified atom stereocenters. The molecule has 0 heterocycles. The Balaban J connectivity index is 2.90. The van der Waals surface area contributed by atoms with Gasteiger partial charge in [-0.3, -0.25) is 0 Å². The van der Waals surface area contributed by atoms with Crippen LogP contribution < -0.4 is 5.73 Å². The fourth-order valence-electron chi connectivity index (χ4n) is 1.05. The van der Waals surface area contributed by atoms with Gasteiger partial charge in [-0.25, -0.2) is 4.39 Å². The minimum absolute atomic E-state index is 0.00398. The highest BCUT2D eigenvalue weighted by molar-refractivity contribution is 6.31. The van der Waals surface area contributed by atoms with E-state index in [1.54, 1.807) is 6.07 Å². The van der Waals surface area contributed by atoms with Gasteiger partial charge in [-0.15, -0.1) is 0 Å². The minimum atomic E-state index is -0.268. The SMILES string of the molecule is C[C@@H](N)Cc1cc(F)ccc1Cl. The van der Waals surface area contributed by atoms with Gasteiger partial charge in [0.05, 0.1) is 0 Å². The molecule has 1 aromatic carbocycles. The minimum Gasteiger partial charge on any atom is -0.328 e. The Labute approximate surface area is 76.3 Å². The summed E-state index contributed by atoms with van der Waals surface area (Å²) in [6, 6.07) is 4.32. The van der Waals surface area contributed by atoms with Gasteiger partial charge in [0.2, 0.25) is 0 Å². The van der Waals surface area contributed by atoms with E-state index in [1.165, 1.54) is 12.1 Å². The standard InChI is InChI=1S/C9H11ClFN/c1-6(12)4-7-5-8(11)2-3-9(7)10/h2-3,5-6H,4,12H2,1H3/t6-/m1/s1. The van der Waals surface area contributed by atoms with Gasteiger partial charge >= 0.3 is 0 Å². The van der Waals surface area contributed by atoms with Crippen molar-refractivity contribution >= 4 is 11.6 Å². The first-order valence-corrected chi connectivity index (χ1v) is 4.17. The van der Waals surface area contributed by atoms with Crippen LogP contribution in [0.5, 0.6) is 0 Å². The third kappa shape index (κ3) is 2.47. The molecule has 1 atom stereocenters. The van der Waals surface area contributed by atoms with Gasteiger partial charge in [0, 0.05) is 11.1 Å². The first kappa shape index (κ1) is 9.49. The van der Waals surface area contributed by atoms with Crippen LogP contribution in [0.3, 0.4) is 0 Å². The second kappa shape index (κ2) is 3.87. The van der Waals surface area contributed by atoms with E-state index in [9.17, 15) is 4.39 Å². The molecule has 1 aromatic rings. The Kier molecular flexibility index (Phi) is 3.06. The van der Waals surface area contributed by atoms with Gasteiger partial charge in [0.1, 0.15) is 5.82 Å². The summed E-state index contributed by atoms with van der Waals surface area (Å²) in [7, 11) is 0. The molecule has 1 nitrogen and oxygen atoms in total. The summed E-state index contributed by atoms with van der Waals surface area (Å²) in [6.45, 7) is 1.86. The van der Waals surface area contributed by atoms with E-state index in [2.05, 4.69) is 0 Å². The molecule has 0 aliphatic rings. The number of benzene rings is 1. The van der Waals surface area contributed by atoms with Crippen molar-refractivity contribution in [3.8, 4) is 0 Å². The fourth-order valence-corrected chi connectivity index (χ4v) is 1.24.